The van der Waals surface area contributed by atoms with Crippen LogP contribution in [0.15, 0.2) is 29.6 Å². The maximum Gasteiger partial charge on any atom is 0.123 e. The normalized spacial score (nSPS) is 15.1. The lowest BCUT2D eigenvalue weighted by atomic mass is 10.1. The molecule has 1 aromatic heterocycles. The average Bonchev–Trinajstić information content (AvgIpc) is 2.87. The molecule has 116 valence electrons. The molecule has 1 fully saturated rings. The maximum atomic E-state index is 4.56. The van der Waals surface area contributed by atoms with Crippen molar-refractivity contribution in [3.05, 3.63) is 40.9 Å². The Morgan fingerprint density at radius 3 is 2.67 bits per heavy atom. The number of aromatic nitrogens is 1. The molecule has 3 nitrogen and oxygen atoms in total. The topological polar surface area (TPSA) is 28.2 Å². The predicted molar refractivity (Wildman–Crippen MR) is 94.9 cm³/mol. The van der Waals surface area contributed by atoms with Crippen molar-refractivity contribution < 1.29 is 0 Å². The van der Waals surface area contributed by atoms with Gasteiger partial charge in [-0.3, -0.25) is 4.90 Å². The van der Waals surface area contributed by atoms with E-state index in [0.717, 1.165) is 43.4 Å². The van der Waals surface area contributed by atoms with Crippen LogP contribution in [-0.4, -0.2) is 36.1 Å². The molecule has 3 rings (SSSR count). The van der Waals surface area contributed by atoms with Crippen molar-refractivity contribution in [2.75, 3.05) is 26.2 Å². The number of rotatable bonds is 3. The molecule has 0 radical (unpaired) electrons. The van der Waals surface area contributed by atoms with Crippen molar-refractivity contribution in [3.8, 4) is 10.6 Å². The van der Waals surface area contributed by atoms with Crippen molar-refractivity contribution in [2.45, 2.75) is 13.5 Å². The number of thiazole rings is 1. The van der Waals surface area contributed by atoms with Gasteiger partial charge in [0.05, 0.1) is 0 Å². The van der Waals surface area contributed by atoms with E-state index in [1.807, 2.05) is 6.92 Å². The number of piperazine rings is 1. The lowest BCUT2D eigenvalue weighted by Crippen LogP contribution is -2.42. The minimum Gasteiger partial charge on any atom is -0.314 e. The first kappa shape index (κ1) is 18.4. The monoisotopic (exact) mass is 345 g/mol. The Morgan fingerprint density at radius 2 is 2.00 bits per heavy atom. The number of hydrogen-bond donors (Lipinski definition) is 1. The van der Waals surface area contributed by atoms with Crippen LogP contribution >= 0.6 is 36.2 Å². The SMILES string of the molecule is Cc1csc(-c2cccc(CN3CCNCC3)c2)n1.Cl.Cl. The highest BCUT2D eigenvalue weighted by molar-refractivity contribution is 7.13. The second-order valence-corrected chi connectivity index (χ2v) is 5.88. The molecule has 0 aliphatic carbocycles. The van der Waals surface area contributed by atoms with E-state index in [0.29, 0.717) is 0 Å². The maximum absolute atomic E-state index is 4.56. The molecule has 0 spiro atoms. The summed E-state index contributed by atoms with van der Waals surface area (Å²) in [6.45, 7) is 7.57. The van der Waals surface area contributed by atoms with Crippen molar-refractivity contribution >= 4 is 36.2 Å². The first-order chi connectivity index (χ1) is 9.31. The van der Waals surface area contributed by atoms with Crippen LogP contribution in [0.5, 0.6) is 0 Å². The molecule has 0 unspecified atom stereocenters. The number of halogens is 2. The standard InChI is InChI=1S/C15H19N3S.2ClH/c1-12-11-19-15(17-12)14-4-2-3-13(9-14)10-18-7-5-16-6-8-18;;/h2-4,9,11,16H,5-8,10H2,1H3;2*1H. The minimum atomic E-state index is 0. The van der Waals surface area contributed by atoms with E-state index < -0.39 is 0 Å². The van der Waals surface area contributed by atoms with Crippen molar-refractivity contribution in [2.24, 2.45) is 0 Å². The van der Waals surface area contributed by atoms with E-state index in [2.05, 4.69) is 44.8 Å². The van der Waals surface area contributed by atoms with E-state index in [1.165, 1.54) is 11.1 Å². The van der Waals surface area contributed by atoms with Crippen molar-refractivity contribution in [3.63, 3.8) is 0 Å². The van der Waals surface area contributed by atoms with Crippen LogP contribution in [0.3, 0.4) is 0 Å². The van der Waals surface area contributed by atoms with Crippen LogP contribution in [0.25, 0.3) is 10.6 Å². The summed E-state index contributed by atoms with van der Waals surface area (Å²) in [5.74, 6) is 0. The van der Waals surface area contributed by atoms with Gasteiger partial charge in [0.15, 0.2) is 0 Å². The zero-order chi connectivity index (χ0) is 13.1. The molecule has 21 heavy (non-hydrogen) atoms. The molecule has 0 amide bonds. The molecule has 0 atom stereocenters. The molecule has 1 aliphatic heterocycles. The lowest BCUT2D eigenvalue weighted by molar-refractivity contribution is 0.233. The summed E-state index contributed by atoms with van der Waals surface area (Å²) in [6.07, 6.45) is 0. The summed E-state index contributed by atoms with van der Waals surface area (Å²) in [6, 6.07) is 8.79. The summed E-state index contributed by atoms with van der Waals surface area (Å²) < 4.78 is 0. The molecule has 0 saturated carbocycles. The first-order valence-corrected chi connectivity index (χ1v) is 7.64. The largest absolute Gasteiger partial charge is 0.314 e. The lowest BCUT2D eigenvalue weighted by Gasteiger charge is -2.27. The molecule has 6 heteroatoms. The molecule has 1 aromatic carbocycles. The van der Waals surface area contributed by atoms with E-state index >= 15 is 0 Å². The Balaban J connectivity index is 0.00000110. The van der Waals surface area contributed by atoms with Gasteiger partial charge in [-0.25, -0.2) is 4.98 Å². The molecule has 2 aromatic rings. The van der Waals surface area contributed by atoms with E-state index in [4.69, 9.17) is 0 Å². The third kappa shape index (κ3) is 4.94. The van der Waals surface area contributed by atoms with Gasteiger partial charge in [-0.2, -0.15) is 0 Å². The highest BCUT2D eigenvalue weighted by atomic mass is 35.5. The zero-order valence-corrected chi connectivity index (χ0v) is 14.5. The molecular weight excluding hydrogens is 325 g/mol. The van der Waals surface area contributed by atoms with Crippen LogP contribution in [0, 0.1) is 6.92 Å². The third-order valence-corrected chi connectivity index (χ3v) is 4.42. The molecule has 1 N–H and O–H groups in total. The first-order valence-electron chi connectivity index (χ1n) is 6.76. The third-order valence-electron chi connectivity index (χ3n) is 3.41. The fraction of sp³-hybridized carbons (Fsp3) is 0.400. The Morgan fingerprint density at radius 1 is 1.24 bits per heavy atom. The molecular formula is C15H21Cl2N3S. The Labute approximate surface area is 142 Å². The second kappa shape index (κ2) is 8.71. The fourth-order valence-corrected chi connectivity index (χ4v) is 3.21. The number of aryl methyl sites for hydroxylation is 1. The summed E-state index contributed by atoms with van der Waals surface area (Å²) in [4.78, 5) is 7.07. The van der Waals surface area contributed by atoms with Crippen molar-refractivity contribution in [1.29, 1.82) is 0 Å². The van der Waals surface area contributed by atoms with Gasteiger partial charge in [0.25, 0.3) is 0 Å². The summed E-state index contributed by atoms with van der Waals surface area (Å²) in [7, 11) is 0. The van der Waals surface area contributed by atoms with E-state index in [9.17, 15) is 0 Å². The van der Waals surface area contributed by atoms with E-state index in [-0.39, 0.29) is 24.8 Å². The molecule has 0 bridgehead atoms. The number of benzene rings is 1. The summed E-state index contributed by atoms with van der Waals surface area (Å²) in [5, 5.41) is 6.62. The van der Waals surface area contributed by atoms with Gasteiger partial charge in [-0.05, 0) is 18.6 Å². The van der Waals surface area contributed by atoms with Gasteiger partial charge in [0, 0.05) is 49.4 Å². The van der Waals surface area contributed by atoms with Crippen molar-refractivity contribution in [1.82, 2.24) is 15.2 Å². The van der Waals surface area contributed by atoms with Gasteiger partial charge in [0.1, 0.15) is 5.01 Å². The van der Waals surface area contributed by atoms with Crippen LogP contribution in [0.1, 0.15) is 11.3 Å². The van der Waals surface area contributed by atoms with Gasteiger partial charge in [0.2, 0.25) is 0 Å². The molecule has 2 heterocycles. The van der Waals surface area contributed by atoms with Crippen LogP contribution in [0.4, 0.5) is 0 Å². The Bertz CT molecular complexity index is 553. The van der Waals surface area contributed by atoms with Gasteiger partial charge >= 0.3 is 0 Å². The number of nitrogens with one attached hydrogen (secondary N) is 1. The highest BCUT2D eigenvalue weighted by Gasteiger charge is 2.10. The Kier molecular flexibility index (Phi) is 7.63. The second-order valence-electron chi connectivity index (χ2n) is 5.02. The van der Waals surface area contributed by atoms with Gasteiger partial charge in [-0.1, -0.05) is 18.2 Å². The fourth-order valence-electron chi connectivity index (χ4n) is 2.42. The number of nitrogens with zero attached hydrogens (tertiary/aromatic N) is 2. The molecule has 1 saturated heterocycles. The van der Waals surface area contributed by atoms with Crippen LogP contribution < -0.4 is 5.32 Å². The zero-order valence-electron chi connectivity index (χ0n) is 12.0. The quantitative estimate of drug-likeness (QED) is 0.924. The summed E-state index contributed by atoms with van der Waals surface area (Å²) in [5.41, 5.74) is 3.73. The highest BCUT2D eigenvalue weighted by Crippen LogP contribution is 2.24. The van der Waals surface area contributed by atoms with Gasteiger partial charge in [-0.15, -0.1) is 36.2 Å². The smallest absolute Gasteiger partial charge is 0.123 e. The summed E-state index contributed by atoms with van der Waals surface area (Å²) >= 11 is 1.72. The minimum absolute atomic E-state index is 0. The predicted octanol–water partition coefficient (Wildman–Crippen LogP) is 3.37. The van der Waals surface area contributed by atoms with Crippen LogP contribution in [0.2, 0.25) is 0 Å². The number of hydrogen-bond acceptors (Lipinski definition) is 4. The van der Waals surface area contributed by atoms with Crippen LogP contribution in [-0.2, 0) is 6.54 Å². The van der Waals surface area contributed by atoms with E-state index in [1.54, 1.807) is 11.3 Å². The average molecular weight is 346 g/mol. The van der Waals surface area contributed by atoms with Gasteiger partial charge < -0.3 is 5.32 Å². The molecule has 1 aliphatic rings. The Hall–Kier alpha value is -0.650.